The van der Waals surface area contributed by atoms with Crippen LogP contribution in [0.25, 0.3) is 0 Å². The minimum absolute atomic E-state index is 0.183. The van der Waals surface area contributed by atoms with Gasteiger partial charge in [0.05, 0.1) is 0 Å². The maximum atomic E-state index is 11.3. The fraction of sp³-hybridized carbons (Fsp3) is 0.714. The third-order valence-corrected chi connectivity index (χ3v) is 3.13. The standard InChI is InChI=1S/C7H11NOS2/c1-2-8-6(9)4-3-5-11-7(8)10/h2-5H2,1H3. The number of thiocarbonyl (C=S) groups is 1. The van der Waals surface area contributed by atoms with E-state index in [1.54, 1.807) is 16.7 Å². The molecule has 0 aromatic heterocycles. The zero-order chi connectivity index (χ0) is 8.27. The summed E-state index contributed by atoms with van der Waals surface area (Å²) in [6.45, 7) is 2.67. The van der Waals surface area contributed by atoms with E-state index in [9.17, 15) is 4.79 Å². The molecule has 1 aliphatic rings. The zero-order valence-corrected chi connectivity index (χ0v) is 8.13. The second kappa shape index (κ2) is 4.07. The van der Waals surface area contributed by atoms with E-state index in [1.807, 2.05) is 6.92 Å². The molecule has 2 nitrogen and oxygen atoms in total. The molecule has 0 bridgehead atoms. The zero-order valence-electron chi connectivity index (χ0n) is 6.50. The molecule has 1 fully saturated rings. The first-order chi connectivity index (χ1) is 5.25. The van der Waals surface area contributed by atoms with Gasteiger partial charge in [0.2, 0.25) is 5.91 Å². The molecule has 0 aromatic carbocycles. The van der Waals surface area contributed by atoms with Crippen molar-refractivity contribution in [2.24, 2.45) is 0 Å². The molecule has 0 N–H and O–H groups in total. The van der Waals surface area contributed by atoms with Gasteiger partial charge in [-0.1, -0.05) is 24.0 Å². The highest BCUT2D eigenvalue weighted by molar-refractivity contribution is 8.23. The Morgan fingerprint density at radius 2 is 2.45 bits per heavy atom. The predicted octanol–water partition coefficient (Wildman–Crippen LogP) is 1.65. The number of rotatable bonds is 1. The number of thioether (sulfide) groups is 1. The molecule has 0 spiro atoms. The molecule has 0 saturated carbocycles. The van der Waals surface area contributed by atoms with Crippen molar-refractivity contribution in [2.75, 3.05) is 12.3 Å². The molecular formula is C7H11NOS2. The third kappa shape index (κ3) is 2.17. The first-order valence-corrected chi connectivity index (χ1v) is 5.12. The van der Waals surface area contributed by atoms with Crippen LogP contribution in [0.1, 0.15) is 19.8 Å². The molecule has 1 heterocycles. The van der Waals surface area contributed by atoms with Crippen molar-refractivity contribution in [1.29, 1.82) is 0 Å². The van der Waals surface area contributed by atoms with Gasteiger partial charge in [0.25, 0.3) is 0 Å². The van der Waals surface area contributed by atoms with Gasteiger partial charge < -0.3 is 0 Å². The van der Waals surface area contributed by atoms with Crippen LogP contribution in [0.3, 0.4) is 0 Å². The number of carbonyl (C=O) groups is 1. The van der Waals surface area contributed by atoms with E-state index < -0.39 is 0 Å². The van der Waals surface area contributed by atoms with E-state index in [-0.39, 0.29) is 5.91 Å². The van der Waals surface area contributed by atoms with E-state index in [0.29, 0.717) is 13.0 Å². The van der Waals surface area contributed by atoms with E-state index in [2.05, 4.69) is 0 Å². The van der Waals surface area contributed by atoms with Gasteiger partial charge in [0.1, 0.15) is 4.32 Å². The minimum Gasteiger partial charge on any atom is -0.298 e. The average molecular weight is 189 g/mol. The topological polar surface area (TPSA) is 20.3 Å². The smallest absolute Gasteiger partial charge is 0.228 e. The van der Waals surface area contributed by atoms with Crippen molar-refractivity contribution < 1.29 is 4.79 Å². The van der Waals surface area contributed by atoms with Gasteiger partial charge in [-0.25, -0.2) is 0 Å². The van der Waals surface area contributed by atoms with Crippen molar-refractivity contribution in [2.45, 2.75) is 19.8 Å². The molecule has 1 rings (SSSR count). The van der Waals surface area contributed by atoms with Crippen molar-refractivity contribution >= 4 is 34.2 Å². The molecule has 1 saturated heterocycles. The summed E-state index contributed by atoms with van der Waals surface area (Å²) in [4.78, 5) is 13.0. The molecule has 1 amide bonds. The van der Waals surface area contributed by atoms with Gasteiger partial charge in [-0.15, -0.1) is 0 Å². The Kier molecular flexibility index (Phi) is 3.33. The molecule has 0 aliphatic carbocycles. The van der Waals surface area contributed by atoms with Crippen LogP contribution in [0.15, 0.2) is 0 Å². The first-order valence-electron chi connectivity index (χ1n) is 3.73. The van der Waals surface area contributed by atoms with Crippen LogP contribution >= 0.6 is 24.0 Å². The molecule has 4 heteroatoms. The molecular weight excluding hydrogens is 178 g/mol. The Morgan fingerprint density at radius 3 is 3.09 bits per heavy atom. The quantitative estimate of drug-likeness (QED) is 0.585. The summed E-state index contributed by atoms with van der Waals surface area (Å²) in [5.74, 6) is 1.17. The molecule has 11 heavy (non-hydrogen) atoms. The van der Waals surface area contributed by atoms with Gasteiger partial charge in [0.15, 0.2) is 0 Å². The first kappa shape index (κ1) is 9.00. The van der Waals surface area contributed by atoms with Crippen LogP contribution in [0.2, 0.25) is 0 Å². The maximum Gasteiger partial charge on any atom is 0.228 e. The normalized spacial score (nSPS) is 20.3. The van der Waals surface area contributed by atoms with Gasteiger partial charge in [-0.2, -0.15) is 0 Å². The number of hydrogen-bond donors (Lipinski definition) is 0. The van der Waals surface area contributed by atoms with Gasteiger partial charge in [-0.05, 0) is 13.3 Å². The molecule has 0 radical (unpaired) electrons. The monoisotopic (exact) mass is 189 g/mol. The lowest BCUT2D eigenvalue weighted by Crippen LogP contribution is -2.32. The molecule has 1 aliphatic heterocycles. The van der Waals surface area contributed by atoms with E-state index in [0.717, 1.165) is 16.5 Å². The van der Waals surface area contributed by atoms with Gasteiger partial charge in [0, 0.05) is 18.7 Å². The van der Waals surface area contributed by atoms with Crippen LogP contribution in [0.5, 0.6) is 0 Å². The fourth-order valence-corrected chi connectivity index (χ4v) is 2.33. The summed E-state index contributed by atoms with van der Waals surface area (Å²) < 4.78 is 0.745. The van der Waals surface area contributed by atoms with Crippen molar-refractivity contribution in [3.63, 3.8) is 0 Å². The van der Waals surface area contributed by atoms with Crippen LogP contribution < -0.4 is 0 Å². The van der Waals surface area contributed by atoms with Crippen LogP contribution in [-0.2, 0) is 4.79 Å². The maximum absolute atomic E-state index is 11.3. The summed E-state index contributed by atoms with van der Waals surface area (Å²) in [5.41, 5.74) is 0. The second-order valence-corrected chi connectivity index (χ2v) is 4.08. The summed E-state index contributed by atoms with van der Waals surface area (Å²) in [5, 5.41) is 0. The van der Waals surface area contributed by atoms with Crippen LogP contribution in [0, 0.1) is 0 Å². The molecule has 0 aromatic rings. The lowest BCUT2D eigenvalue weighted by molar-refractivity contribution is -0.126. The lowest BCUT2D eigenvalue weighted by Gasteiger charge is -2.17. The molecule has 62 valence electrons. The summed E-state index contributed by atoms with van der Waals surface area (Å²) in [7, 11) is 0. The highest BCUT2D eigenvalue weighted by atomic mass is 32.2. The predicted molar refractivity (Wildman–Crippen MR) is 51.7 cm³/mol. The fourth-order valence-electron chi connectivity index (χ4n) is 1.00. The minimum atomic E-state index is 0.183. The second-order valence-electron chi connectivity index (χ2n) is 2.36. The van der Waals surface area contributed by atoms with Gasteiger partial charge >= 0.3 is 0 Å². The van der Waals surface area contributed by atoms with E-state index in [4.69, 9.17) is 12.2 Å². The Labute approximate surface area is 76.3 Å². The Hall–Kier alpha value is -0.0900. The van der Waals surface area contributed by atoms with Crippen LogP contribution in [-0.4, -0.2) is 27.4 Å². The Bertz CT molecular complexity index is 163. The van der Waals surface area contributed by atoms with Crippen molar-refractivity contribution in [3.8, 4) is 0 Å². The average Bonchev–Trinajstić information content (AvgIpc) is 2.12. The van der Waals surface area contributed by atoms with Gasteiger partial charge in [-0.3, -0.25) is 9.69 Å². The van der Waals surface area contributed by atoms with E-state index >= 15 is 0 Å². The number of hydrogen-bond acceptors (Lipinski definition) is 3. The Morgan fingerprint density at radius 1 is 1.73 bits per heavy atom. The highest BCUT2D eigenvalue weighted by Gasteiger charge is 2.19. The molecule has 0 unspecified atom stereocenters. The summed E-state index contributed by atoms with van der Waals surface area (Å²) in [6.07, 6.45) is 1.61. The van der Waals surface area contributed by atoms with Crippen molar-refractivity contribution in [3.05, 3.63) is 0 Å². The van der Waals surface area contributed by atoms with Crippen LogP contribution in [0.4, 0.5) is 0 Å². The molecule has 0 atom stereocenters. The third-order valence-electron chi connectivity index (χ3n) is 1.60. The number of amides is 1. The summed E-state index contributed by atoms with van der Waals surface area (Å²) in [6, 6.07) is 0. The Balaban J connectivity index is 2.66. The van der Waals surface area contributed by atoms with Crippen molar-refractivity contribution in [1.82, 2.24) is 4.90 Å². The largest absolute Gasteiger partial charge is 0.298 e. The number of carbonyl (C=O) groups excluding carboxylic acids is 1. The SMILES string of the molecule is CCN1C(=O)CCCSC1=S. The summed E-state index contributed by atoms with van der Waals surface area (Å²) >= 11 is 6.67. The van der Waals surface area contributed by atoms with E-state index in [1.165, 1.54) is 0 Å². The number of nitrogens with zero attached hydrogens (tertiary/aromatic N) is 1. The lowest BCUT2D eigenvalue weighted by atomic mass is 10.3. The highest BCUT2D eigenvalue weighted by Crippen LogP contribution is 2.17.